The van der Waals surface area contributed by atoms with Gasteiger partial charge in [-0.25, -0.2) is 9.45 Å². The zero-order valence-corrected chi connectivity index (χ0v) is 9.77. The van der Waals surface area contributed by atoms with Gasteiger partial charge in [0.1, 0.15) is 5.82 Å². The molecule has 1 heterocycles. The third-order valence-electron chi connectivity index (χ3n) is 2.69. The highest BCUT2D eigenvalue weighted by Gasteiger charge is 2.27. The van der Waals surface area contributed by atoms with Crippen molar-refractivity contribution in [2.75, 3.05) is 13.2 Å². The molecule has 1 saturated heterocycles. The van der Waals surface area contributed by atoms with Crippen molar-refractivity contribution in [2.45, 2.75) is 12.8 Å². The Balaban J connectivity index is 2.35. The first-order valence-electron chi connectivity index (χ1n) is 5.59. The number of carbonyl (C=O) groups is 1. The van der Waals surface area contributed by atoms with E-state index in [1.165, 1.54) is 0 Å². The van der Waals surface area contributed by atoms with Gasteiger partial charge >= 0.3 is 5.69 Å². The summed E-state index contributed by atoms with van der Waals surface area (Å²) in [5.41, 5.74) is -1.52. The van der Waals surface area contributed by atoms with Gasteiger partial charge in [-0.3, -0.25) is 19.7 Å². The van der Waals surface area contributed by atoms with Crippen LogP contribution in [0.1, 0.15) is 23.2 Å². The van der Waals surface area contributed by atoms with E-state index >= 15 is 0 Å². The third kappa shape index (κ3) is 2.68. The van der Waals surface area contributed by atoms with E-state index in [0.717, 1.165) is 11.5 Å². The van der Waals surface area contributed by atoms with Gasteiger partial charge in [-0.2, -0.15) is 4.39 Å². The lowest BCUT2D eigenvalue weighted by molar-refractivity contribution is -0.387. The molecule has 0 N–H and O–H groups in total. The molecule has 102 valence electrons. The first kappa shape index (κ1) is 13.3. The van der Waals surface area contributed by atoms with Crippen LogP contribution in [0.2, 0.25) is 0 Å². The van der Waals surface area contributed by atoms with Crippen molar-refractivity contribution in [3.63, 3.8) is 0 Å². The SMILES string of the molecule is O=C(c1cc([N+](=O)[O-])c(F)cc1F)N1CCCCO1. The lowest BCUT2D eigenvalue weighted by Gasteiger charge is -2.25. The minimum atomic E-state index is -1.32. The largest absolute Gasteiger partial charge is 0.305 e. The third-order valence-corrected chi connectivity index (χ3v) is 2.69. The van der Waals surface area contributed by atoms with Gasteiger partial charge in [0.25, 0.3) is 5.91 Å². The Hall–Kier alpha value is -2.09. The van der Waals surface area contributed by atoms with Gasteiger partial charge in [0.2, 0.25) is 5.82 Å². The van der Waals surface area contributed by atoms with Gasteiger partial charge in [-0.15, -0.1) is 0 Å². The van der Waals surface area contributed by atoms with Crippen LogP contribution in [0, 0.1) is 21.7 Å². The average Bonchev–Trinajstić information content (AvgIpc) is 2.38. The second-order valence-corrected chi connectivity index (χ2v) is 3.99. The number of hydroxylamine groups is 2. The molecule has 0 bridgehead atoms. The number of hydrogen-bond acceptors (Lipinski definition) is 4. The molecule has 0 spiro atoms. The summed E-state index contributed by atoms with van der Waals surface area (Å²) in [5.74, 6) is -3.32. The van der Waals surface area contributed by atoms with Crippen LogP contribution in [-0.2, 0) is 4.84 Å². The molecule has 19 heavy (non-hydrogen) atoms. The Kier molecular flexibility index (Phi) is 3.70. The minimum Gasteiger partial charge on any atom is -0.271 e. The summed E-state index contributed by atoms with van der Waals surface area (Å²) in [6, 6.07) is 0.917. The number of amides is 1. The van der Waals surface area contributed by atoms with Crippen molar-refractivity contribution >= 4 is 11.6 Å². The maximum absolute atomic E-state index is 13.5. The number of benzene rings is 1. The Labute approximate surface area is 106 Å². The van der Waals surface area contributed by atoms with Crippen LogP contribution in [0.25, 0.3) is 0 Å². The van der Waals surface area contributed by atoms with E-state index in [-0.39, 0.29) is 6.54 Å². The van der Waals surface area contributed by atoms with E-state index < -0.39 is 33.7 Å². The highest BCUT2D eigenvalue weighted by molar-refractivity contribution is 5.94. The quantitative estimate of drug-likeness (QED) is 0.610. The number of nitro groups is 1. The molecule has 2 rings (SSSR count). The van der Waals surface area contributed by atoms with Crippen LogP contribution in [0.3, 0.4) is 0 Å². The minimum absolute atomic E-state index is 0.267. The van der Waals surface area contributed by atoms with E-state index in [1.54, 1.807) is 0 Å². The molecule has 1 fully saturated rings. The smallest absolute Gasteiger partial charge is 0.271 e. The Bertz CT molecular complexity index is 530. The van der Waals surface area contributed by atoms with Crippen molar-refractivity contribution in [3.05, 3.63) is 39.4 Å². The second-order valence-electron chi connectivity index (χ2n) is 3.99. The number of carbonyl (C=O) groups excluding carboxylic acids is 1. The molecule has 6 nitrogen and oxygen atoms in total. The van der Waals surface area contributed by atoms with E-state index in [9.17, 15) is 23.7 Å². The molecule has 1 aliphatic heterocycles. The average molecular weight is 272 g/mol. The van der Waals surface area contributed by atoms with Crippen LogP contribution in [0.15, 0.2) is 12.1 Å². The summed E-state index contributed by atoms with van der Waals surface area (Å²) < 4.78 is 26.7. The molecule has 1 aromatic rings. The summed E-state index contributed by atoms with van der Waals surface area (Å²) in [5, 5.41) is 11.5. The van der Waals surface area contributed by atoms with E-state index in [2.05, 4.69) is 0 Å². The summed E-state index contributed by atoms with van der Waals surface area (Å²) in [6.45, 7) is 0.583. The van der Waals surface area contributed by atoms with Crippen molar-refractivity contribution < 1.29 is 23.3 Å². The molecule has 0 aliphatic carbocycles. The number of nitrogens with zero attached hydrogens (tertiary/aromatic N) is 2. The maximum Gasteiger partial charge on any atom is 0.305 e. The van der Waals surface area contributed by atoms with Crippen LogP contribution in [0.4, 0.5) is 14.5 Å². The standard InChI is InChI=1S/C11H10F2N2O4/c12-8-6-9(13)10(15(17)18)5-7(8)11(16)14-3-1-2-4-19-14/h5-6H,1-4H2. The highest BCUT2D eigenvalue weighted by atomic mass is 19.1. The Morgan fingerprint density at radius 1 is 1.32 bits per heavy atom. The van der Waals surface area contributed by atoms with Crippen molar-refractivity contribution in [1.82, 2.24) is 5.06 Å². The van der Waals surface area contributed by atoms with E-state index in [0.29, 0.717) is 25.2 Å². The normalized spacial score (nSPS) is 15.4. The molecule has 0 aromatic heterocycles. The summed E-state index contributed by atoms with van der Waals surface area (Å²) in [6.07, 6.45) is 1.46. The van der Waals surface area contributed by atoms with Gasteiger partial charge in [-0.05, 0) is 12.8 Å². The summed E-state index contributed by atoms with van der Waals surface area (Å²) in [4.78, 5) is 26.5. The highest BCUT2D eigenvalue weighted by Crippen LogP contribution is 2.23. The summed E-state index contributed by atoms with van der Waals surface area (Å²) >= 11 is 0. The van der Waals surface area contributed by atoms with E-state index in [4.69, 9.17) is 4.84 Å². The fraction of sp³-hybridized carbons (Fsp3) is 0.364. The van der Waals surface area contributed by atoms with Gasteiger partial charge in [0.05, 0.1) is 17.1 Å². The van der Waals surface area contributed by atoms with Crippen LogP contribution in [-0.4, -0.2) is 29.0 Å². The molecule has 1 aliphatic rings. The predicted octanol–water partition coefficient (Wildman–Crippen LogP) is 2.04. The lowest BCUT2D eigenvalue weighted by atomic mass is 10.1. The lowest BCUT2D eigenvalue weighted by Crippen LogP contribution is -2.36. The van der Waals surface area contributed by atoms with Crippen molar-refractivity contribution in [1.29, 1.82) is 0 Å². The molecule has 0 unspecified atom stereocenters. The van der Waals surface area contributed by atoms with Gasteiger partial charge in [0.15, 0.2) is 0 Å². The monoisotopic (exact) mass is 272 g/mol. The molecular weight excluding hydrogens is 262 g/mol. The fourth-order valence-corrected chi connectivity index (χ4v) is 1.73. The molecule has 1 amide bonds. The number of hydrogen-bond donors (Lipinski definition) is 0. The molecule has 0 radical (unpaired) electrons. The molecule has 8 heteroatoms. The molecular formula is C11H10F2N2O4. The van der Waals surface area contributed by atoms with Gasteiger partial charge in [0, 0.05) is 18.7 Å². The molecule has 1 aromatic carbocycles. The maximum atomic E-state index is 13.5. The summed E-state index contributed by atoms with van der Waals surface area (Å²) in [7, 11) is 0. The number of rotatable bonds is 2. The number of nitro benzene ring substituents is 1. The van der Waals surface area contributed by atoms with Crippen molar-refractivity contribution in [3.8, 4) is 0 Å². The van der Waals surface area contributed by atoms with Crippen molar-refractivity contribution in [2.24, 2.45) is 0 Å². The van der Waals surface area contributed by atoms with Crippen LogP contribution >= 0.6 is 0 Å². The zero-order chi connectivity index (χ0) is 14.0. The predicted molar refractivity (Wildman–Crippen MR) is 59.2 cm³/mol. The first-order chi connectivity index (χ1) is 9.00. The molecule has 0 atom stereocenters. The fourth-order valence-electron chi connectivity index (χ4n) is 1.73. The topological polar surface area (TPSA) is 72.7 Å². The zero-order valence-electron chi connectivity index (χ0n) is 9.77. The second kappa shape index (κ2) is 5.27. The number of halogens is 2. The Morgan fingerprint density at radius 3 is 2.63 bits per heavy atom. The molecule has 0 saturated carbocycles. The van der Waals surface area contributed by atoms with Crippen LogP contribution in [0.5, 0.6) is 0 Å². The van der Waals surface area contributed by atoms with Gasteiger partial charge in [-0.1, -0.05) is 0 Å². The first-order valence-corrected chi connectivity index (χ1v) is 5.59. The Morgan fingerprint density at radius 2 is 2.05 bits per heavy atom. The van der Waals surface area contributed by atoms with Crippen LogP contribution < -0.4 is 0 Å². The van der Waals surface area contributed by atoms with E-state index in [1.807, 2.05) is 0 Å². The van der Waals surface area contributed by atoms with Gasteiger partial charge < -0.3 is 0 Å².